The Labute approximate surface area is 145 Å². The van der Waals surface area contributed by atoms with Gasteiger partial charge in [-0.2, -0.15) is 0 Å². The third-order valence-corrected chi connectivity index (χ3v) is 5.24. The van der Waals surface area contributed by atoms with Crippen molar-refractivity contribution in [2.45, 2.75) is 24.5 Å². The first-order chi connectivity index (χ1) is 11.6. The second-order valence-corrected chi connectivity index (χ2v) is 6.94. The standard InChI is InChI=1S/C19H19NO3S/c1-3-23-19(22)15-9-11-16(12-10-15)20-17(21)13(2)24-18(20)14-7-5-4-6-8-14/h4-13,18H,3H2,1-2H3/t13-,18+/m1/s1. The third kappa shape index (κ3) is 3.17. The van der Waals surface area contributed by atoms with E-state index in [2.05, 4.69) is 0 Å². The van der Waals surface area contributed by atoms with E-state index in [0.717, 1.165) is 11.3 Å². The second kappa shape index (κ2) is 7.09. The zero-order valence-electron chi connectivity index (χ0n) is 13.6. The van der Waals surface area contributed by atoms with E-state index in [0.29, 0.717) is 12.2 Å². The highest BCUT2D eigenvalue weighted by Gasteiger charge is 2.39. The summed E-state index contributed by atoms with van der Waals surface area (Å²) in [6.45, 7) is 4.05. The maximum absolute atomic E-state index is 12.6. The van der Waals surface area contributed by atoms with E-state index in [-0.39, 0.29) is 22.5 Å². The SMILES string of the molecule is CCOC(=O)c1ccc(N2C(=O)[C@@H](C)S[C@H]2c2ccccc2)cc1. The zero-order chi connectivity index (χ0) is 17.1. The van der Waals surface area contributed by atoms with Crippen LogP contribution in [0.3, 0.4) is 0 Å². The monoisotopic (exact) mass is 341 g/mol. The molecule has 3 rings (SSSR count). The Balaban J connectivity index is 1.90. The molecule has 2 atom stereocenters. The summed E-state index contributed by atoms with van der Waals surface area (Å²) in [6.07, 6.45) is 0. The number of esters is 1. The highest BCUT2D eigenvalue weighted by atomic mass is 32.2. The molecule has 124 valence electrons. The molecule has 1 amide bonds. The predicted octanol–water partition coefficient (Wildman–Crippen LogP) is 4.03. The van der Waals surface area contributed by atoms with Crippen molar-refractivity contribution in [1.29, 1.82) is 0 Å². The molecule has 0 saturated carbocycles. The van der Waals surface area contributed by atoms with Crippen LogP contribution in [-0.2, 0) is 9.53 Å². The first-order valence-corrected chi connectivity index (χ1v) is 8.86. The molecule has 1 aliphatic heterocycles. The number of carbonyl (C=O) groups excluding carboxylic acids is 2. The molecule has 24 heavy (non-hydrogen) atoms. The highest BCUT2D eigenvalue weighted by Crippen LogP contribution is 2.45. The number of hydrogen-bond acceptors (Lipinski definition) is 4. The lowest BCUT2D eigenvalue weighted by Gasteiger charge is -2.24. The van der Waals surface area contributed by atoms with E-state index < -0.39 is 0 Å². The van der Waals surface area contributed by atoms with Gasteiger partial charge in [-0.3, -0.25) is 9.69 Å². The summed E-state index contributed by atoms with van der Waals surface area (Å²) < 4.78 is 5.00. The average molecular weight is 341 g/mol. The van der Waals surface area contributed by atoms with Crippen LogP contribution >= 0.6 is 11.8 Å². The van der Waals surface area contributed by atoms with E-state index in [1.807, 2.05) is 37.3 Å². The summed E-state index contributed by atoms with van der Waals surface area (Å²) in [4.78, 5) is 26.2. The normalized spacial score (nSPS) is 20.2. The minimum Gasteiger partial charge on any atom is -0.462 e. The summed E-state index contributed by atoms with van der Waals surface area (Å²) >= 11 is 1.63. The minimum atomic E-state index is -0.348. The van der Waals surface area contributed by atoms with Crippen molar-refractivity contribution in [3.05, 3.63) is 65.7 Å². The Morgan fingerprint density at radius 1 is 1.12 bits per heavy atom. The van der Waals surface area contributed by atoms with Gasteiger partial charge >= 0.3 is 5.97 Å². The minimum absolute atomic E-state index is 0.0536. The number of ether oxygens (including phenoxy) is 1. The lowest BCUT2D eigenvalue weighted by molar-refractivity contribution is -0.117. The Morgan fingerprint density at radius 3 is 2.42 bits per heavy atom. The second-order valence-electron chi connectivity index (χ2n) is 5.52. The Morgan fingerprint density at radius 2 is 1.79 bits per heavy atom. The summed E-state index contributed by atoms with van der Waals surface area (Å²) in [5.74, 6) is -0.267. The van der Waals surface area contributed by atoms with Crippen molar-refractivity contribution in [3.63, 3.8) is 0 Å². The van der Waals surface area contributed by atoms with Gasteiger partial charge in [0.2, 0.25) is 5.91 Å². The maximum atomic E-state index is 12.6. The Hall–Kier alpha value is -2.27. The lowest BCUT2D eigenvalue weighted by atomic mass is 10.1. The van der Waals surface area contributed by atoms with Crippen LogP contribution in [0.2, 0.25) is 0 Å². The smallest absolute Gasteiger partial charge is 0.338 e. The predicted molar refractivity (Wildman–Crippen MR) is 96.1 cm³/mol. The molecule has 0 N–H and O–H groups in total. The van der Waals surface area contributed by atoms with Crippen LogP contribution in [0.5, 0.6) is 0 Å². The molecule has 2 aromatic carbocycles. The first-order valence-electron chi connectivity index (χ1n) is 7.92. The van der Waals surface area contributed by atoms with Crippen LogP contribution < -0.4 is 4.90 Å². The summed E-state index contributed by atoms with van der Waals surface area (Å²) in [6, 6.07) is 17.0. The van der Waals surface area contributed by atoms with Crippen LogP contribution in [0.4, 0.5) is 5.69 Å². The number of amides is 1. The number of carbonyl (C=O) groups is 2. The number of benzene rings is 2. The molecule has 4 nitrogen and oxygen atoms in total. The van der Waals surface area contributed by atoms with Crippen LogP contribution in [-0.4, -0.2) is 23.7 Å². The topological polar surface area (TPSA) is 46.6 Å². The van der Waals surface area contributed by atoms with E-state index >= 15 is 0 Å². The van der Waals surface area contributed by atoms with Crippen LogP contribution in [0.25, 0.3) is 0 Å². The van der Waals surface area contributed by atoms with E-state index in [1.165, 1.54) is 0 Å². The molecule has 0 bridgehead atoms. The fourth-order valence-electron chi connectivity index (χ4n) is 2.70. The van der Waals surface area contributed by atoms with Gasteiger partial charge in [-0.1, -0.05) is 30.3 Å². The average Bonchev–Trinajstić information content (AvgIpc) is 2.91. The molecular formula is C19H19NO3S. The van der Waals surface area contributed by atoms with Crippen molar-refractivity contribution in [2.24, 2.45) is 0 Å². The van der Waals surface area contributed by atoms with E-state index in [4.69, 9.17) is 4.74 Å². The number of rotatable bonds is 4. The fourth-order valence-corrected chi connectivity index (χ4v) is 3.98. The molecule has 0 unspecified atom stereocenters. The van der Waals surface area contributed by atoms with Gasteiger partial charge in [-0.05, 0) is 43.7 Å². The van der Waals surface area contributed by atoms with Gasteiger partial charge in [0, 0.05) is 5.69 Å². The van der Waals surface area contributed by atoms with Crippen molar-refractivity contribution in [1.82, 2.24) is 0 Å². The molecule has 0 spiro atoms. The maximum Gasteiger partial charge on any atom is 0.338 e. The fraction of sp³-hybridized carbons (Fsp3) is 0.263. The van der Waals surface area contributed by atoms with Gasteiger partial charge in [-0.15, -0.1) is 11.8 Å². The summed E-state index contributed by atoms with van der Waals surface area (Å²) in [7, 11) is 0. The Bertz CT molecular complexity index is 730. The zero-order valence-corrected chi connectivity index (χ0v) is 14.5. The molecule has 0 radical (unpaired) electrons. The van der Waals surface area contributed by atoms with E-state index in [9.17, 15) is 9.59 Å². The molecule has 1 aliphatic rings. The number of anilines is 1. The van der Waals surface area contributed by atoms with E-state index in [1.54, 1.807) is 47.9 Å². The van der Waals surface area contributed by atoms with Crippen molar-refractivity contribution < 1.29 is 14.3 Å². The molecule has 0 aliphatic carbocycles. The molecule has 0 aromatic heterocycles. The molecule has 2 aromatic rings. The first kappa shape index (κ1) is 16.6. The van der Waals surface area contributed by atoms with Crippen LogP contribution in [0.1, 0.15) is 35.1 Å². The van der Waals surface area contributed by atoms with Gasteiger partial charge in [0.25, 0.3) is 0 Å². The van der Waals surface area contributed by atoms with Gasteiger partial charge < -0.3 is 4.74 Å². The largest absolute Gasteiger partial charge is 0.462 e. The van der Waals surface area contributed by atoms with Crippen molar-refractivity contribution in [2.75, 3.05) is 11.5 Å². The summed E-state index contributed by atoms with van der Waals surface area (Å²) in [5, 5.41) is -0.151. The highest BCUT2D eigenvalue weighted by molar-refractivity contribution is 8.01. The van der Waals surface area contributed by atoms with Crippen LogP contribution in [0.15, 0.2) is 54.6 Å². The van der Waals surface area contributed by atoms with Gasteiger partial charge in [-0.25, -0.2) is 4.79 Å². The van der Waals surface area contributed by atoms with Crippen molar-refractivity contribution in [3.8, 4) is 0 Å². The molecule has 1 saturated heterocycles. The number of nitrogens with zero attached hydrogens (tertiary/aromatic N) is 1. The quantitative estimate of drug-likeness (QED) is 0.788. The van der Waals surface area contributed by atoms with Crippen LogP contribution in [0, 0.1) is 0 Å². The summed E-state index contributed by atoms with van der Waals surface area (Å²) in [5.41, 5.74) is 2.37. The van der Waals surface area contributed by atoms with Gasteiger partial charge in [0.1, 0.15) is 5.37 Å². The molecule has 1 heterocycles. The van der Waals surface area contributed by atoms with Gasteiger partial charge in [0.15, 0.2) is 0 Å². The molecular weight excluding hydrogens is 322 g/mol. The molecule has 1 fully saturated rings. The molecule has 5 heteroatoms. The van der Waals surface area contributed by atoms with Gasteiger partial charge in [0.05, 0.1) is 17.4 Å². The number of hydrogen-bond donors (Lipinski definition) is 0. The Kier molecular flexibility index (Phi) is 4.90. The van der Waals surface area contributed by atoms with Crippen molar-refractivity contribution >= 4 is 29.3 Å². The lowest BCUT2D eigenvalue weighted by Crippen LogP contribution is -2.30. The number of thioether (sulfide) groups is 1. The third-order valence-electron chi connectivity index (χ3n) is 3.89.